The Kier molecular flexibility index (Phi) is 6.72. The minimum absolute atomic E-state index is 0.00185. The summed E-state index contributed by atoms with van der Waals surface area (Å²) in [4.78, 5) is 37.6. The third-order valence-corrected chi connectivity index (χ3v) is 4.04. The van der Waals surface area contributed by atoms with E-state index in [0.29, 0.717) is 13.0 Å². The van der Waals surface area contributed by atoms with Crippen LogP contribution in [0.2, 0.25) is 0 Å². The molecule has 1 saturated carbocycles. The highest BCUT2D eigenvalue weighted by Crippen LogP contribution is 2.46. The smallest absolute Gasteiger partial charge is 0.412 e. The molecule has 0 saturated heterocycles. The molecule has 1 rings (SSSR count). The molecular formula is C17H26N2O5. The Bertz CT molecular complexity index is 551. The number of nitrogens with one attached hydrogen (secondary N) is 1. The lowest BCUT2D eigenvalue weighted by molar-refractivity contribution is -0.141. The van der Waals surface area contributed by atoms with Crippen molar-refractivity contribution in [1.82, 2.24) is 5.32 Å². The maximum absolute atomic E-state index is 11.8. The second-order valence-electron chi connectivity index (χ2n) is 7.32. The minimum Gasteiger partial charge on any atom is -0.460 e. The maximum atomic E-state index is 11.8. The largest absolute Gasteiger partial charge is 0.460 e. The van der Waals surface area contributed by atoms with Crippen molar-refractivity contribution in [3.8, 4) is 0 Å². The SMILES string of the molecule is C=C(OC(=O)NCC1(C)CC(N=C=O)CC(C)(C)C1)C(=O)OCC. The molecular weight excluding hydrogens is 312 g/mol. The normalized spacial score (nSPS) is 25.1. The van der Waals surface area contributed by atoms with Gasteiger partial charge in [-0.1, -0.05) is 20.8 Å². The van der Waals surface area contributed by atoms with Crippen molar-refractivity contribution in [2.75, 3.05) is 13.2 Å². The number of nitrogens with zero attached hydrogens (tertiary/aromatic N) is 1. The van der Waals surface area contributed by atoms with Crippen LogP contribution in [0.15, 0.2) is 17.3 Å². The molecule has 2 atom stereocenters. The van der Waals surface area contributed by atoms with Crippen LogP contribution in [0.1, 0.15) is 47.0 Å². The first-order valence-electron chi connectivity index (χ1n) is 7.99. The molecule has 1 N–H and O–H groups in total. The molecule has 7 nitrogen and oxygen atoms in total. The first kappa shape index (κ1) is 19.9. The zero-order valence-electron chi connectivity index (χ0n) is 14.8. The number of isocyanates is 1. The summed E-state index contributed by atoms with van der Waals surface area (Å²) in [5, 5.41) is 2.65. The molecule has 1 fully saturated rings. The van der Waals surface area contributed by atoms with Crippen LogP contribution in [0.25, 0.3) is 0 Å². The molecule has 7 heteroatoms. The summed E-state index contributed by atoms with van der Waals surface area (Å²) in [6, 6.07) is -0.108. The summed E-state index contributed by atoms with van der Waals surface area (Å²) in [7, 11) is 0. The van der Waals surface area contributed by atoms with Crippen molar-refractivity contribution in [3.05, 3.63) is 12.3 Å². The van der Waals surface area contributed by atoms with Crippen molar-refractivity contribution in [2.24, 2.45) is 15.8 Å². The van der Waals surface area contributed by atoms with Gasteiger partial charge in [0.25, 0.3) is 0 Å². The van der Waals surface area contributed by atoms with Crippen molar-refractivity contribution in [2.45, 2.75) is 53.0 Å². The summed E-state index contributed by atoms with van der Waals surface area (Å²) in [6.07, 6.45) is 3.22. The Morgan fingerprint density at radius 2 is 2.00 bits per heavy atom. The summed E-state index contributed by atoms with van der Waals surface area (Å²) >= 11 is 0. The van der Waals surface area contributed by atoms with Gasteiger partial charge in [0.15, 0.2) is 0 Å². The van der Waals surface area contributed by atoms with E-state index in [4.69, 9.17) is 9.47 Å². The topological polar surface area (TPSA) is 94.1 Å². The molecule has 24 heavy (non-hydrogen) atoms. The zero-order chi connectivity index (χ0) is 18.4. The Hall–Kier alpha value is -2.14. The number of esters is 1. The predicted octanol–water partition coefficient (Wildman–Crippen LogP) is 2.71. The highest BCUT2D eigenvalue weighted by Gasteiger charge is 2.41. The summed E-state index contributed by atoms with van der Waals surface area (Å²) in [5.74, 6) is -1.12. The van der Waals surface area contributed by atoms with E-state index < -0.39 is 12.1 Å². The van der Waals surface area contributed by atoms with Gasteiger partial charge in [-0.3, -0.25) is 0 Å². The Balaban J connectivity index is 2.60. The summed E-state index contributed by atoms with van der Waals surface area (Å²) in [5.41, 5.74) is -0.241. The van der Waals surface area contributed by atoms with Gasteiger partial charge in [-0.15, -0.1) is 0 Å². The van der Waals surface area contributed by atoms with Gasteiger partial charge >= 0.3 is 12.1 Å². The molecule has 1 amide bonds. The van der Waals surface area contributed by atoms with Crippen LogP contribution in [-0.2, 0) is 19.1 Å². The predicted molar refractivity (Wildman–Crippen MR) is 87.9 cm³/mol. The number of alkyl carbamates (subject to hydrolysis) is 1. The van der Waals surface area contributed by atoms with Crippen LogP contribution in [0.4, 0.5) is 4.79 Å². The van der Waals surface area contributed by atoms with Crippen LogP contribution in [-0.4, -0.2) is 37.3 Å². The number of hydrogen-bond donors (Lipinski definition) is 1. The van der Waals surface area contributed by atoms with Gasteiger partial charge < -0.3 is 14.8 Å². The fourth-order valence-corrected chi connectivity index (χ4v) is 3.57. The standard InChI is InChI=1S/C17H26N2O5/c1-6-23-14(21)12(2)24-15(22)18-10-17(5)8-13(19-11-20)7-16(3,4)9-17/h13H,2,6-10H2,1,3-5H3,(H,18,22). The summed E-state index contributed by atoms with van der Waals surface area (Å²) < 4.78 is 9.52. The van der Waals surface area contributed by atoms with Crippen LogP contribution in [0, 0.1) is 10.8 Å². The van der Waals surface area contributed by atoms with Gasteiger partial charge in [-0.2, -0.15) is 0 Å². The van der Waals surface area contributed by atoms with Crippen LogP contribution in [0.3, 0.4) is 0 Å². The lowest BCUT2D eigenvalue weighted by atomic mass is 9.63. The van der Waals surface area contributed by atoms with E-state index in [1.807, 2.05) is 6.92 Å². The Morgan fingerprint density at radius 3 is 2.58 bits per heavy atom. The Labute approximate surface area is 142 Å². The number of rotatable bonds is 6. The van der Waals surface area contributed by atoms with Crippen molar-refractivity contribution >= 4 is 18.1 Å². The number of hydrogen-bond acceptors (Lipinski definition) is 6. The average molecular weight is 338 g/mol. The van der Waals surface area contributed by atoms with Crippen LogP contribution < -0.4 is 5.32 Å². The van der Waals surface area contributed by atoms with Crippen LogP contribution in [0.5, 0.6) is 0 Å². The van der Waals surface area contributed by atoms with E-state index in [0.717, 1.165) is 12.8 Å². The fourth-order valence-electron chi connectivity index (χ4n) is 3.57. The minimum atomic E-state index is -0.766. The zero-order valence-corrected chi connectivity index (χ0v) is 14.8. The molecule has 0 heterocycles. The van der Waals surface area contributed by atoms with E-state index in [9.17, 15) is 14.4 Å². The molecule has 0 radical (unpaired) electrons. The van der Waals surface area contributed by atoms with E-state index in [1.165, 1.54) is 0 Å². The van der Waals surface area contributed by atoms with Gasteiger partial charge in [-0.25, -0.2) is 19.4 Å². The molecule has 2 unspecified atom stereocenters. The van der Waals surface area contributed by atoms with E-state index >= 15 is 0 Å². The quantitative estimate of drug-likeness (QED) is 0.264. The number of ether oxygens (including phenoxy) is 2. The number of carbonyl (C=O) groups excluding carboxylic acids is 3. The third-order valence-electron chi connectivity index (χ3n) is 4.04. The van der Waals surface area contributed by atoms with Crippen molar-refractivity contribution in [3.63, 3.8) is 0 Å². The van der Waals surface area contributed by atoms with Crippen molar-refractivity contribution < 1.29 is 23.9 Å². The van der Waals surface area contributed by atoms with Gasteiger partial charge in [0, 0.05) is 6.54 Å². The van der Waals surface area contributed by atoms with Gasteiger partial charge in [-0.05, 0) is 43.6 Å². The molecule has 0 aliphatic heterocycles. The lowest BCUT2D eigenvalue weighted by Crippen LogP contribution is -2.44. The van der Waals surface area contributed by atoms with E-state index in [2.05, 4.69) is 30.7 Å². The molecule has 1 aliphatic carbocycles. The molecule has 0 bridgehead atoms. The van der Waals surface area contributed by atoms with Gasteiger partial charge in [0.05, 0.1) is 12.6 Å². The van der Waals surface area contributed by atoms with Crippen LogP contribution >= 0.6 is 0 Å². The van der Waals surface area contributed by atoms with Crippen molar-refractivity contribution in [1.29, 1.82) is 0 Å². The molecule has 134 valence electrons. The monoisotopic (exact) mass is 338 g/mol. The second kappa shape index (κ2) is 8.11. The molecule has 0 aromatic rings. The molecule has 0 spiro atoms. The van der Waals surface area contributed by atoms with Gasteiger partial charge in [0.2, 0.25) is 11.8 Å². The molecule has 0 aromatic heterocycles. The van der Waals surface area contributed by atoms with Gasteiger partial charge in [0.1, 0.15) is 0 Å². The summed E-state index contributed by atoms with van der Waals surface area (Å²) in [6.45, 7) is 11.8. The average Bonchev–Trinajstić information content (AvgIpc) is 2.43. The third kappa shape index (κ3) is 6.16. The van der Waals surface area contributed by atoms with E-state index in [1.54, 1.807) is 13.0 Å². The number of amides is 1. The maximum Gasteiger partial charge on any atom is 0.412 e. The second-order valence-corrected chi connectivity index (χ2v) is 7.32. The highest BCUT2D eigenvalue weighted by atomic mass is 16.6. The Morgan fingerprint density at radius 1 is 1.33 bits per heavy atom. The molecule has 1 aliphatic rings. The lowest BCUT2D eigenvalue weighted by Gasteiger charge is -2.45. The molecule has 0 aromatic carbocycles. The fraction of sp³-hybridized carbons (Fsp3) is 0.706. The number of carbonyl (C=O) groups is 2. The first-order valence-corrected chi connectivity index (χ1v) is 7.99. The first-order chi connectivity index (χ1) is 11.1. The number of aliphatic imine (C=N–C) groups is 1. The highest BCUT2D eigenvalue weighted by molar-refractivity contribution is 5.88. The van der Waals surface area contributed by atoms with E-state index in [-0.39, 0.29) is 29.2 Å².